The summed E-state index contributed by atoms with van der Waals surface area (Å²) in [4.78, 5) is 11.2. The first kappa shape index (κ1) is 12.4. The minimum absolute atomic E-state index is 0.0297. The van der Waals surface area contributed by atoms with E-state index in [0.717, 1.165) is 3.57 Å². The molecular weight excluding hydrogens is 317 g/mol. The van der Waals surface area contributed by atoms with Gasteiger partial charge in [0.2, 0.25) is 0 Å². The van der Waals surface area contributed by atoms with Crippen molar-refractivity contribution in [1.29, 1.82) is 0 Å². The van der Waals surface area contributed by atoms with Crippen LogP contribution in [0.2, 0.25) is 0 Å². The summed E-state index contributed by atoms with van der Waals surface area (Å²) < 4.78 is 29.4. The lowest BCUT2D eigenvalue weighted by Gasteiger charge is -2.12. The summed E-state index contributed by atoms with van der Waals surface area (Å²) in [6.07, 6.45) is 0. The maximum Gasteiger partial charge on any atom is 0.387 e. The highest BCUT2D eigenvalue weighted by Crippen LogP contribution is 2.28. The molecule has 0 aliphatic rings. The molecule has 82 valence electrons. The third-order valence-electron chi connectivity index (χ3n) is 1.83. The number of carbonyl (C=O) groups excluding carboxylic acids is 1. The van der Waals surface area contributed by atoms with Crippen LogP contribution in [0, 0.1) is 10.5 Å². The van der Waals surface area contributed by atoms with E-state index in [2.05, 4.69) is 4.74 Å². The monoisotopic (exact) mass is 326 g/mol. The first-order chi connectivity index (χ1) is 6.91. The van der Waals surface area contributed by atoms with Gasteiger partial charge in [-0.15, -0.1) is 0 Å². The molecule has 0 fully saturated rings. The van der Waals surface area contributed by atoms with Crippen molar-refractivity contribution in [2.75, 3.05) is 0 Å². The molecule has 0 bridgehead atoms. The Morgan fingerprint density at radius 1 is 1.47 bits per heavy atom. The highest BCUT2D eigenvalue weighted by molar-refractivity contribution is 14.1. The van der Waals surface area contributed by atoms with Crippen molar-refractivity contribution in [3.8, 4) is 5.75 Å². The molecule has 0 aliphatic heterocycles. The number of Topliss-reactive ketones (excluding diaryl/α,β-unsaturated/α-hetero) is 1. The van der Waals surface area contributed by atoms with Crippen molar-refractivity contribution in [3.05, 3.63) is 26.8 Å². The number of halogens is 3. The molecule has 0 spiro atoms. The third-order valence-corrected chi connectivity index (χ3v) is 2.45. The number of ketones is 1. The van der Waals surface area contributed by atoms with E-state index in [1.54, 1.807) is 13.0 Å². The maximum absolute atomic E-state index is 12.1. The van der Waals surface area contributed by atoms with Gasteiger partial charge in [0.1, 0.15) is 5.75 Å². The molecule has 0 heterocycles. The van der Waals surface area contributed by atoms with E-state index in [1.165, 1.54) is 13.0 Å². The molecule has 0 N–H and O–H groups in total. The molecule has 0 saturated carbocycles. The molecule has 0 amide bonds. The summed E-state index contributed by atoms with van der Waals surface area (Å²) in [7, 11) is 0. The summed E-state index contributed by atoms with van der Waals surface area (Å²) in [5, 5.41) is 0. The molecule has 0 atom stereocenters. The fraction of sp³-hybridized carbons (Fsp3) is 0.300. The van der Waals surface area contributed by atoms with Gasteiger partial charge in [-0.05, 0) is 54.1 Å². The first-order valence-electron chi connectivity index (χ1n) is 4.17. The van der Waals surface area contributed by atoms with Crippen LogP contribution in [0.3, 0.4) is 0 Å². The van der Waals surface area contributed by atoms with Gasteiger partial charge in [0.05, 0.1) is 5.56 Å². The molecule has 0 unspecified atom stereocenters. The van der Waals surface area contributed by atoms with Crippen molar-refractivity contribution in [2.45, 2.75) is 20.5 Å². The van der Waals surface area contributed by atoms with Crippen LogP contribution in [0.25, 0.3) is 0 Å². The van der Waals surface area contributed by atoms with Gasteiger partial charge in [-0.1, -0.05) is 0 Å². The lowest BCUT2D eigenvalue weighted by Crippen LogP contribution is -2.08. The van der Waals surface area contributed by atoms with E-state index in [1.807, 2.05) is 22.6 Å². The lowest BCUT2D eigenvalue weighted by atomic mass is 10.1. The van der Waals surface area contributed by atoms with Gasteiger partial charge in [-0.25, -0.2) is 0 Å². The Bertz CT molecular complexity index is 391. The Morgan fingerprint density at radius 2 is 2.07 bits per heavy atom. The van der Waals surface area contributed by atoms with Crippen LogP contribution in [0.15, 0.2) is 12.1 Å². The number of rotatable bonds is 3. The summed E-state index contributed by atoms with van der Waals surface area (Å²) in [5.74, 6) is -0.315. The van der Waals surface area contributed by atoms with Crippen LogP contribution in [-0.2, 0) is 0 Å². The predicted octanol–water partition coefficient (Wildman–Crippen LogP) is 3.40. The largest absolute Gasteiger partial charge is 0.434 e. The molecule has 2 nitrogen and oxygen atoms in total. The van der Waals surface area contributed by atoms with Crippen LogP contribution >= 0.6 is 22.6 Å². The van der Waals surface area contributed by atoms with E-state index in [0.29, 0.717) is 5.56 Å². The molecule has 1 aromatic rings. The van der Waals surface area contributed by atoms with Gasteiger partial charge in [0.15, 0.2) is 5.78 Å². The normalized spacial score (nSPS) is 10.5. The highest BCUT2D eigenvalue weighted by Gasteiger charge is 2.16. The Morgan fingerprint density at radius 3 is 2.53 bits per heavy atom. The molecule has 5 heteroatoms. The Balaban J connectivity index is 3.27. The van der Waals surface area contributed by atoms with Crippen LogP contribution in [0.1, 0.15) is 22.8 Å². The zero-order chi connectivity index (χ0) is 11.6. The van der Waals surface area contributed by atoms with E-state index < -0.39 is 6.61 Å². The van der Waals surface area contributed by atoms with Crippen LogP contribution in [0.4, 0.5) is 8.78 Å². The van der Waals surface area contributed by atoms with Crippen molar-refractivity contribution in [1.82, 2.24) is 0 Å². The lowest BCUT2D eigenvalue weighted by molar-refractivity contribution is -0.0505. The molecule has 0 aliphatic carbocycles. The minimum Gasteiger partial charge on any atom is -0.434 e. The average molecular weight is 326 g/mol. The fourth-order valence-electron chi connectivity index (χ4n) is 1.24. The van der Waals surface area contributed by atoms with Gasteiger partial charge >= 0.3 is 6.61 Å². The average Bonchev–Trinajstić information content (AvgIpc) is 2.08. The molecule has 1 aromatic carbocycles. The Labute approximate surface area is 99.8 Å². The number of ether oxygens (including phenoxy) is 1. The minimum atomic E-state index is -2.91. The van der Waals surface area contributed by atoms with Crippen molar-refractivity contribution in [2.24, 2.45) is 0 Å². The van der Waals surface area contributed by atoms with Crippen molar-refractivity contribution < 1.29 is 18.3 Å². The van der Waals surface area contributed by atoms with Crippen LogP contribution < -0.4 is 4.74 Å². The topological polar surface area (TPSA) is 26.3 Å². The third kappa shape index (κ3) is 3.12. The second kappa shape index (κ2) is 4.87. The molecular formula is C10H9F2IO2. The number of hydrogen-bond donors (Lipinski definition) is 0. The van der Waals surface area contributed by atoms with Gasteiger partial charge < -0.3 is 4.74 Å². The zero-order valence-corrected chi connectivity index (χ0v) is 10.3. The maximum atomic E-state index is 12.1. The molecule has 0 aromatic heterocycles. The summed E-state index contributed by atoms with van der Waals surface area (Å²) >= 11 is 2.02. The number of benzene rings is 1. The van der Waals surface area contributed by atoms with E-state index in [-0.39, 0.29) is 17.1 Å². The highest BCUT2D eigenvalue weighted by atomic mass is 127. The van der Waals surface area contributed by atoms with Crippen molar-refractivity contribution >= 4 is 28.4 Å². The predicted molar refractivity (Wildman–Crippen MR) is 60.5 cm³/mol. The van der Waals surface area contributed by atoms with Gasteiger partial charge in [0.25, 0.3) is 0 Å². The second-order valence-corrected chi connectivity index (χ2v) is 4.28. The number of hydrogen-bond acceptors (Lipinski definition) is 2. The number of alkyl halides is 2. The smallest absolute Gasteiger partial charge is 0.387 e. The number of aryl methyl sites for hydroxylation is 1. The van der Waals surface area contributed by atoms with Gasteiger partial charge in [0, 0.05) is 3.57 Å². The first-order valence-corrected chi connectivity index (χ1v) is 5.25. The Kier molecular flexibility index (Phi) is 4.01. The standard InChI is InChI=1S/C10H9F2IO2/c1-5-3-7(13)4-8(6(2)14)9(5)15-10(11)12/h3-4,10H,1-2H3. The Hall–Kier alpha value is -0.720. The molecule has 1 rings (SSSR count). The SMILES string of the molecule is CC(=O)c1cc(I)cc(C)c1OC(F)F. The fourth-order valence-corrected chi connectivity index (χ4v) is 2.02. The zero-order valence-electron chi connectivity index (χ0n) is 8.18. The molecule has 15 heavy (non-hydrogen) atoms. The van der Waals surface area contributed by atoms with E-state index >= 15 is 0 Å². The van der Waals surface area contributed by atoms with Gasteiger partial charge in [-0.2, -0.15) is 8.78 Å². The molecule has 0 radical (unpaired) electrons. The quantitative estimate of drug-likeness (QED) is 0.629. The number of carbonyl (C=O) groups is 1. The summed E-state index contributed by atoms with van der Waals surface area (Å²) in [6.45, 7) is 0.0389. The van der Waals surface area contributed by atoms with Crippen LogP contribution in [0.5, 0.6) is 5.75 Å². The summed E-state index contributed by atoms with van der Waals surface area (Å²) in [5.41, 5.74) is 0.729. The molecule has 0 saturated heterocycles. The van der Waals surface area contributed by atoms with E-state index in [4.69, 9.17) is 0 Å². The van der Waals surface area contributed by atoms with Crippen LogP contribution in [-0.4, -0.2) is 12.4 Å². The summed E-state index contributed by atoms with van der Waals surface area (Å²) in [6, 6.07) is 3.22. The van der Waals surface area contributed by atoms with E-state index in [9.17, 15) is 13.6 Å². The van der Waals surface area contributed by atoms with Crippen molar-refractivity contribution in [3.63, 3.8) is 0 Å². The second-order valence-electron chi connectivity index (χ2n) is 3.03. The van der Waals surface area contributed by atoms with Gasteiger partial charge in [-0.3, -0.25) is 4.79 Å².